The van der Waals surface area contributed by atoms with Crippen LogP contribution in [0.4, 0.5) is 0 Å². The summed E-state index contributed by atoms with van der Waals surface area (Å²) in [5, 5.41) is 0. The fraction of sp³-hybridized carbons (Fsp3) is 1.00. The van der Waals surface area contributed by atoms with E-state index in [0.29, 0.717) is 0 Å². The second-order valence-electron chi connectivity index (χ2n) is 9.89. The molecule has 0 aliphatic rings. The van der Waals surface area contributed by atoms with Gasteiger partial charge in [0.25, 0.3) is 0 Å². The first kappa shape index (κ1) is 35.8. The van der Waals surface area contributed by atoms with Gasteiger partial charge in [0.2, 0.25) is 0 Å². The van der Waals surface area contributed by atoms with Gasteiger partial charge in [-0.2, -0.15) is 0 Å². The van der Waals surface area contributed by atoms with Crippen LogP contribution in [0.2, 0.25) is 0 Å². The molecular formula is C28H63ClN2. The molecule has 0 aromatic carbocycles. The molecule has 0 radical (unpaired) electrons. The van der Waals surface area contributed by atoms with Gasteiger partial charge in [-0.25, -0.2) is 0 Å². The van der Waals surface area contributed by atoms with E-state index in [1.807, 2.05) is 0 Å². The van der Waals surface area contributed by atoms with Gasteiger partial charge in [-0.3, -0.25) is 0 Å². The number of halogens is 1. The third kappa shape index (κ3) is 23.2. The number of nitrogens with zero attached hydrogens (tertiary/aromatic N) is 1. The van der Waals surface area contributed by atoms with Crippen molar-refractivity contribution in [2.75, 3.05) is 26.2 Å². The lowest BCUT2D eigenvalue weighted by atomic mass is 10.0. The smallest absolute Gasteiger partial charge is 0.0786 e. The van der Waals surface area contributed by atoms with E-state index in [0.717, 1.165) is 0 Å². The van der Waals surface area contributed by atoms with Crippen LogP contribution < -0.4 is 18.6 Å². The summed E-state index contributed by atoms with van der Waals surface area (Å²) in [6.07, 6.45) is 28.9. The van der Waals surface area contributed by atoms with E-state index in [-0.39, 0.29) is 18.6 Å². The molecule has 0 fully saturated rings. The molecule has 0 bridgehead atoms. The molecule has 3 heteroatoms. The van der Waals surface area contributed by atoms with E-state index in [4.69, 9.17) is 0 Å². The Kier molecular flexibility index (Phi) is 32.6. The highest BCUT2D eigenvalue weighted by atomic mass is 35.5. The zero-order valence-electron chi connectivity index (χ0n) is 22.5. The molecule has 0 atom stereocenters. The van der Waals surface area contributed by atoms with Gasteiger partial charge in [-0.1, -0.05) is 124 Å². The summed E-state index contributed by atoms with van der Waals surface area (Å²) in [6, 6.07) is 0. The SMILES string of the molecule is CCCCCCCCCCCCCCCC[N+](CCCC)(CCCC)CCCC.N.[Cl-]. The molecule has 3 N–H and O–H groups in total. The van der Waals surface area contributed by atoms with Crippen LogP contribution in [0.15, 0.2) is 0 Å². The second-order valence-corrected chi connectivity index (χ2v) is 9.89. The lowest BCUT2D eigenvalue weighted by molar-refractivity contribution is -0.929. The average Bonchev–Trinajstić information content (AvgIpc) is 2.74. The Labute approximate surface area is 205 Å². The van der Waals surface area contributed by atoms with Crippen LogP contribution in [0, 0.1) is 0 Å². The van der Waals surface area contributed by atoms with Gasteiger partial charge in [0.15, 0.2) is 0 Å². The summed E-state index contributed by atoms with van der Waals surface area (Å²) in [6.45, 7) is 15.2. The minimum absolute atomic E-state index is 0. The van der Waals surface area contributed by atoms with Crippen LogP contribution in [-0.2, 0) is 0 Å². The second kappa shape index (κ2) is 28.2. The first-order chi connectivity index (χ1) is 14.2. The Morgan fingerprint density at radius 2 is 0.548 bits per heavy atom. The van der Waals surface area contributed by atoms with E-state index in [9.17, 15) is 0 Å². The highest BCUT2D eigenvalue weighted by Gasteiger charge is 2.24. The van der Waals surface area contributed by atoms with Gasteiger partial charge < -0.3 is 23.0 Å². The normalized spacial score (nSPS) is 11.2. The van der Waals surface area contributed by atoms with Crippen molar-refractivity contribution in [3.8, 4) is 0 Å². The monoisotopic (exact) mass is 462 g/mol. The maximum absolute atomic E-state index is 2.36. The van der Waals surface area contributed by atoms with E-state index in [2.05, 4.69) is 27.7 Å². The third-order valence-corrected chi connectivity index (χ3v) is 6.94. The van der Waals surface area contributed by atoms with Gasteiger partial charge >= 0.3 is 0 Å². The van der Waals surface area contributed by atoms with Crippen molar-refractivity contribution in [1.82, 2.24) is 6.15 Å². The van der Waals surface area contributed by atoms with Gasteiger partial charge in [-0.15, -0.1) is 0 Å². The zero-order chi connectivity index (χ0) is 21.5. The first-order valence-electron chi connectivity index (χ1n) is 14.1. The standard InChI is InChI=1S/C28H60N.ClH.H3N/c1-5-9-13-14-15-16-17-18-19-20-21-22-23-24-28-29(25-10-6-2,26-11-7-3)27-12-8-4;;/h5-28H2,1-4H3;1H;1H3/q+1;;/p-1. The summed E-state index contributed by atoms with van der Waals surface area (Å²) in [4.78, 5) is 0. The fourth-order valence-electron chi connectivity index (χ4n) is 4.79. The van der Waals surface area contributed by atoms with Crippen molar-refractivity contribution in [2.45, 2.75) is 156 Å². The molecule has 0 unspecified atom stereocenters. The largest absolute Gasteiger partial charge is 1.00 e. The summed E-state index contributed by atoms with van der Waals surface area (Å²) < 4.78 is 1.44. The topological polar surface area (TPSA) is 35.0 Å². The molecule has 192 valence electrons. The average molecular weight is 463 g/mol. The number of quaternary nitrogens is 1. The predicted molar refractivity (Wildman–Crippen MR) is 140 cm³/mol. The van der Waals surface area contributed by atoms with E-state index >= 15 is 0 Å². The number of hydrogen-bond donors (Lipinski definition) is 1. The molecule has 31 heavy (non-hydrogen) atoms. The Hall–Kier alpha value is 0.210. The van der Waals surface area contributed by atoms with E-state index < -0.39 is 0 Å². The highest BCUT2D eigenvalue weighted by Crippen LogP contribution is 2.18. The van der Waals surface area contributed by atoms with Gasteiger partial charge in [0.1, 0.15) is 0 Å². The summed E-state index contributed by atoms with van der Waals surface area (Å²) >= 11 is 0. The molecular weight excluding hydrogens is 400 g/mol. The molecule has 0 saturated carbocycles. The predicted octanol–water partition coefficient (Wildman–Crippen LogP) is 6.85. The Morgan fingerprint density at radius 3 is 0.839 bits per heavy atom. The zero-order valence-corrected chi connectivity index (χ0v) is 23.3. The quantitative estimate of drug-likeness (QED) is 0.123. The third-order valence-electron chi connectivity index (χ3n) is 6.94. The van der Waals surface area contributed by atoms with Crippen LogP contribution in [-0.4, -0.2) is 30.7 Å². The lowest BCUT2D eigenvalue weighted by Gasteiger charge is -2.39. The summed E-state index contributed by atoms with van der Waals surface area (Å²) in [7, 11) is 0. The molecule has 0 aliphatic carbocycles. The highest BCUT2D eigenvalue weighted by molar-refractivity contribution is 4.52. The van der Waals surface area contributed by atoms with E-state index in [1.165, 1.54) is 159 Å². The van der Waals surface area contributed by atoms with Crippen molar-refractivity contribution < 1.29 is 16.9 Å². The molecule has 0 amide bonds. The minimum Gasteiger partial charge on any atom is -1.00 e. The Balaban J connectivity index is -0.00000392. The molecule has 0 aromatic rings. The molecule has 0 rings (SSSR count). The van der Waals surface area contributed by atoms with Crippen LogP contribution in [0.5, 0.6) is 0 Å². The Bertz CT molecular complexity index is 288. The van der Waals surface area contributed by atoms with Crippen molar-refractivity contribution in [2.24, 2.45) is 0 Å². The van der Waals surface area contributed by atoms with Gasteiger partial charge in [0, 0.05) is 0 Å². The molecule has 0 aromatic heterocycles. The molecule has 0 heterocycles. The van der Waals surface area contributed by atoms with Crippen LogP contribution >= 0.6 is 0 Å². The first-order valence-corrected chi connectivity index (χ1v) is 14.1. The van der Waals surface area contributed by atoms with Gasteiger partial charge in [0.05, 0.1) is 26.2 Å². The maximum Gasteiger partial charge on any atom is 0.0786 e. The maximum atomic E-state index is 2.36. The molecule has 0 aliphatic heterocycles. The van der Waals surface area contributed by atoms with E-state index in [1.54, 1.807) is 0 Å². The van der Waals surface area contributed by atoms with Crippen LogP contribution in [0.3, 0.4) is 0 Å². The van der Waals surface area contributed by atoms with Gasteiger partial charge in [-0.05, 0) is 32.1 Å². The molecule has 0 spiro atoms. The summed E-state index contributed by atoms with van der Waals surface area (Å²) in [5.74, 6) is 0. The molecule has 0 saturated heterocycles. The van der Waals surface area contributed by atoms with Crippen molar-refractivity contribution in [1.29, 1.82) is 0 Å². The number of hydrogen-bond acceptors (Lipinski definition) is 1. The van der Waals surface area contributed by atoms with Crippen molar-refractivity contribution in [3.63, 3.8) is 0 Å². The fourth-order valence-corrected chi connectivity index (χ4v) is 4.79. The Morgan fingerprint density at radius 1 is 0.323 bits per heavy atom. The number of rotatable bonds is 24. The summed E-state index contributed by atoms with van der Waals surface area (Å²) in [5.41, 5.74) is 0. The van der Waals surface area contributed by atoms with Crippen molar-refractivity contribution >= 4 is 0 Å². The number of unbranched alkanes of at least 4 members (excludes halogenated alkanes) is 16. The lowest BCUT2D eigenvalue weighted by Crippen LogP contribution is -3.00. The van der Waals surface area contributed by atoms with Crippen LogP contribution in [0.25, 0.3) is 0 Å². The van der Waals surface area contributed by atoms with Crippen LogP contribution in [0.1, 0.15) is 156 Å². The minimum atomic E-state index is 0. The van der Waals surface area contributed by atoms with Crippen molar-refractivity contribution in [3.05, 3.63) is 0 Å². The molecule has 2 nitrogen and oxygen atoms in total.